The van der Waals surface area contributed by atoms with E-state index >= 15 is 0 Å². The predicted octanol–water partition coefficient (Wildman–Crippen LogP) is 1.98. The second-order valence-electron chi connectivity index (χ2n) is 4.71. The van der Waals surface area contributed by atoms with Crippen LogP contribution in [-0.2, 0) is 4.79 Å². The Balaban J connectivity index is 2.05. The number of carbonyl (C=O) groups excluding carboxylic acids is 1. The molecule has 1 heterocycles. The van der Waals surface area contributed by atoms with E-state index in [1.54, 1.807) is 0 Å². The summed E-state index contributed by atoms with van der Waals surface area (Å²) < 4.78 is 0. The summed E-state index contributed by atoms with van der Waals surface area (Å²) in [6, 6.07) is 0. The normalized spacial score (nSPS) is 18.8. The molecule has 4 heteroatoms. The third-order valence-electron chi connectivity index (χ3n) is 3.30. The minimum Gasteiger partial charge on any atom is -0.370 e. The van der Waals surface area contributed by atoms with Gasteiger partial charge in [0.2, 0.25) is 5.91 Å². The molecule has 1 rings (SSSR count). The number of rotatable bonds is 7. The van der Waals surface area contributed by atoms with Crippen LogP contribution < -0.4 is 5.73 Å². The Morgan fingerprint density at radius 1 is 1.25 bits per heavy atom. The number of hydrogen-bond acceptors (Lipinski definition) is 2. The summed E-state index contributed by atoms with van der Waals surface area (Å²) in [5, 5.41) is 0. The van der Waals surface area contributed by atoms with Gasteiger partial charge in [0.1, 0.15) is 0 Å². The number of nitrogens with zero attached hydrogens (tertiary/aromatic N) is 1. The van der Waals surface area contributed by atoms with Gasteiger partial charge in [0, 0.05) is 12.3 Å². The highest BCUT2D eigenvalue weighted by molar-refractivity contribution is 6.17. The van der Waals surface area contributed by atoms with Gasteiger partial charge in [-0.05, 0) is 51.2 Å². The molecule has 94 valence electrons. The van der Waals surface area contributed by atoms with Crippen LogP contribution in [0.5, 0.6) is 0 Å². The minimum absolute atomic E-state index is 0.152. The zero-order valence-corrected chi connectivity index (χ0v) is 10.7. The van der Waals surface area contributed by atoms with Gasteiger partial charge in [0.15, 0.2) is 0 Å². The van der Waals surface area contributed by atoms with Crippen LogP contribution in [0.1, 0.15) is 38.5 Å². The van der Waals surface area contributed by atoms with E-state index in [1.807, 2.05) is 0 Å². The van der Waals surface area contributed by atoms with Gasteiger partial charge in [-0.15, -0.1) is 11.6 Å². The molecule has 0 saturated carbocycles. The molecule has 16 heavy (non-hydrogen) atoms. The Kier molecular flexibility index (Phi) is 6.81. The van der Waals surface area contributed by atoms with Gasteiger partial charge in [-0.1, -0.05) is 6.42 Å². The van der Waals surface area contributed by atoms with E-state index in [9.17, 15) is 4.79 Å². The second-order valence-corrected chi connectivity index (χ2v) is 5.08. The van der Waals surface area contributed by atoms with Gasteiger partial charge in [-0.2, -0.15) is 0 Å². The summed E-state index contributed by atoms with van der Waals surface area (Å²) in [5.41, 5.74) is 5.21. The molecule has 0 aromatic heterocycles. The lowest BCUT2D eigenvalue weighted by Gasteiger charge is -2.31. The molecule has 1 amide bonds. The summed E-state index contributed by atoms with van der Waals surface area (Å²) in [6.07, 6.45) is 6.41. The van der Waals surface area contributed by atoms with E-state index in [0.717, 1.165) is 38.2 Å². The standard InChI is InChI=1S/C12H23ClN2O/c13-6-2-1-3-7-15-8-4-11(5-9-15)10-12(14)16/h11H,1-10H2,(H2,14,16). The fourth-order valence-electron chi connectivity index (χ4n) is 2.31. The summed E-state index contributed by atoms with van der Waals surface area (Å²) in [4.78, 5) is 13.3. The molecule has 0 unspecified atom stereocenters. The second kappa shape index (κ2) is 7.91. The van der Waals surface area contributed by atoms with E-state index in [1.165, 1.54) is 19.4 Å². The fourth-order valence-corrected chi connectivity index (χ4v) is 2.49. The SMILES string of the molecule is NC(=O)CC1CCN(CCCCCCl)CC1. The third kappa shape index (κ3) is 5.71. The zero-order valence-electron chi connectivity index (χ0n) is 9.96. The summed E-state index contributed by atoms with van der Waals surface area (Å²) in [6.45, 7) is 3.43. The molecule has 1 aliphatic heterocycles. The van der Waals surface area contributed by atoms with Crippen molar-refractivity contribution in [2.24, 2.45) is 11.7 Å². The summed E-state index contributed by atoms with van der Waals surface area (Å²) >= 11 is 5.63. The summed E-state index contributed by atoms with van der Waals surface area (Å²) in [5.74, 6) is 1.15. The molecule has 1 fully saturated rings. The van der Waals surface area contributed by atoms with Crippen LogP contribution in [-0.4, -0.2) is 36.3 Å². The Morgan fingerprint density at radius 3 is 2.50 bits per heavy atom. The number of nitrogens with two attached hydrogens (primary N) is 1. The van der Waals surface area contributed by atoms with E-state index in [-0.39, 0.29) is 5.91 Å². The molecular formula is C12H23ClN2O. The maximum absolute atomic E-state index is 10.8. The highest BCUT2D eigenvalue weighted by Gasteiger charge is 2.19. The first-order valence-electron chi connectivity index (χ1n) is 6.29. The van der Waals surface area contributed by atoms with Gasteiger partial charge in [-0.25, -0.2) is 0 Å². The quantitative estimate of drug-likeness (QED) is 0.552. The molecular weight excluding hydrogens is 224 g/mol. The van der Waals surface area contributed by atoms with Crippen molar-refractivity contribution < 1.29 is 4.79 Å². The van der Waals surface area contributed by atoms with Crippen LogP contribution in [0.4, 0.5) is 0 Å². The first-order chi connectivity index (χ1) is 7.72. The number of halogens is 1. The van der Waals surface area contributed by atoms with Gasteiger partial charge in [0.25, 0.3) is 0 Å². The van der Waals surface area contributed by atoms with Crippen molar-refractivity contribution in [2.45, 2.75) is 38.5 Å². The first-order valence-corrected chi connectivity index (χ1v) is 6.82. The van der Waals surface area contributed by atoms with E-state index in [2.05, 4.69) is 4.90 Å². The number of primary amides is 1. The molecule has 0 spiro atoms. The van der Waals surface area contributed by atoms with Crippen molar-refractivity contribution >= 4 is 17.5 Å². The largest absolute Gasteiger partial charge is 0.370 e. The zero-order chi connectivity index (χ0) is 11.8. The lowest BCUT2D eigenvalue weighted by atomic mass is 9.93. The number of hydrogen-bond donors (Lipinski definition) is 1. The van der Waals surface area contributed by atoms with Crippen molar-refractivity contribution in [1.82, 2.24) is 4.90 Å². The topological polar surface area (TPSA) is 46.3 Å². The lowest BCUT2D eigenvalue weighted by molar-refractivity contribution is -0.119. The van der Waals surface area contributed by atoms with Gasteiger partial charge in [0.05, 0.1) is 0 Å². The molecule has 0 aromatic carbocycles. The van der Waals surface area contributed by atoms with Gasteiger partial charge >= 0.3 is 0 Å². The Hall–Kier alpha value is -0.280. The van der Waals surface area contributed by atoms with E-state index in [0.29, 0.717) is 12.3 Å². The monoisotopic (exact) mass is 246 g/mol. The van der Waals surface area contributed by atoms with Crippen molar-refractivity contribution in [3.8, 4) is 0 Å². The lowest BCUT2D eigenvalue weighted by Crippen LogP contribution is -2.35. The first kappa shape index (κ1) is 13.8. The molecule has 0 radical (unpaired) electrons. The molecule has 0 bridgehead atoms. The number of carbonyl (C=O) groups is 1. The Morgan fingerprint density at radius 2 is 1.94 bits per heavy atom. The molecule has 0 aliphatic carbocycles. The van der Waals surface area contributed by atoms with Crippen molar-refractivity contribution in [3.63, 3.8) is 0 Å². The number of piperidine rings is 1. The molecule has 3 nitrogen and oxygen atoms in total. The maximum Gasteiger partial charge on any atom is 0.217 e. The van der Waals surface area contributed by atoms with Crippen LogP contribution >= 0.6 is 11.6 Å². The molecule has 2 N–H and O–H groups in total. The van der Waals surface area contributed by atoms with Gasteiger partial charge < -0.3 is 10.6 Å². The third-order valence-corrected chi connectivity index (χ3v) is 3.57. The highest BCUT2D eigenvalue weighted by atomic mass is 35.5. The van der Waals surface area contributed by atoms with Crippen LogP contribution in [0.15, 0.2) is 0 Å². The molecule has 0 aromatic rings. The van der Waals surface area contributed by atoms with Crippen LogP contribution in [0.25, 0.3) is 0 Å². The molecule has 1 aliphatic rings. The summed E-state index contributed by atoms with van der Waals surface area (Å²) in [7, 11) is 0. The van der Waals surface area contributed by atoms with Crippen molar-refractivity contribution in [3.05, 3.63) is 0 Å². The van der Waals surface area contributed by atoms with Gasteiger partial charge in [-0.3, -0.25) is 4.79 Å². The Bertz CT molecular complexity index is 203. The number of likely N-dealkylation sites (tertiary alicyclic amines) is 1. The van der Waals surface area contributed by atoms with Crippen molar-refractivity contribution in [1.29, 1.82) is 0 Å². The maximum atomic E-state index is 10.8. The predicted molar refractivity (Wildman–Crippen MR) is 67.5 cm³/mol. The Labute approximate surface area is 103 Å². The number of amides is 1. The average molecular weight is 247 g/mol. The minimum atomic E-state index is -0.152. The van der Waals surface area contributed by atoms with Crippen LogP contribution in [0, 0.1) is 5.92 Å². The fraction of sp³-hybridized carbons (Fsp3) is 0.917. The number of alkyl halides is 1. The molecule has 0 atom stereocenters. The van der Waals surface area contributed by atoms with Crippen LogP contribution in [0.3, 0.4) is 0 Å². The van der Waals surface area contributed by atoms with Crippen molar-refractivity contribution in [2.75, 3.05) is 25.5 Å². The van der Waals surface area contributed by atoms with E-state index < -0.39 is 0 Å². The van der Waals surface area contributed by atoms with Crippen LogP contribution in [0.2, 0.25) is 0 Å². The molecule has 1 saturated heterocycles. The average Bonchev–Trinajstić information content (AvgIpc) is 2.26. The highest BCUT2D eigenvalue weighted by Crippen LogP contribution is 2.20. The number of unbranched alkanes of at least 4 members (excludes halogenated alkanes) is 2. The smallest absolute Gasteiger partial charge is 0.217 e. The van der Waals surface area contributed by atoms with E-state index in [4.69, 9.17) is 17.3 Å².